The van der Waals surface area contributed by atoms with Crippen LogP contribution in [0, 0.1) is 0 Å². The molecule has 0 saturated heterocycles. The number of benzene rings is 3. The van der Waals surface area contributed by atoms with Crippen molar-refractivity contribution >= 4 is 30.3 Å². The molecular weight excluding hydrogens is 430 g/mol. The minimum Gasteiger partial charge on any atom is -0.493 e. The molecule has 0 aliphatic carbocycles. The Labute approximate surface area is 193 Å². The molecule has 0 fully saturated rings. The van der Waals surface area contributed by atoms with Crippen LogP contribution >= 0.6 is 12.4 Å². The zero-order chi connectivity index (χ0) is 22.2. The molecule has 0 aromatic heterocycles. The van der Waals surface area contributed by atoms with Crippen LogP contribution in [0.5, 0.6) is 11.5 Å². The van der Waals surface area contributed by atoms with Crippen molar-refractivity contribution in [3.05, 3.63) is 77.9 Å². The third-order valence-corrected chi connectivity index (χ3v) is 4.64. The van der Waals surface area contributed by atoms with Crippen LogP contribution in [0.4, 0.5) is 5.69 Å². The van der Waals surface area contributed by atoms with Crippen LogP contribution in [0.2, 0.25) is 0 Å². The molecule has 7 nitrogen and oxygen atoms in total. The van der Waals surface area contributed by atoms with Crippen molar-refractivity contribution < 1.29 is 19.0 Å². The van der Waals surface area contributed by atoms with Gasteiger partial charge in [-0.1, -0.05) is 42.5 Å². The number of methoxy groups -OCH3 is 2. The fraction of sp³-hybridized carbons (Fsp3) is 0.167. The standard InChI is InChI=1S/C24H25N3O4.ClH/c1-16(28)31-24(27-19-11-9-17(10-12-19)15-26-25)21-14-23(30-3)22(29-2)13-20(21)18-7-5-4-6-8-18;/h4-15,24,27H,25H2,1-3H3;1H. The number of ether oxygens (including phenoxy) is 3. The summed E-state index contributed by atoms with van der Waals surface area (Å²) in [5.74, 6) is 5.90. The van der Waals surface area contributed by atoms with Crippen LogP contribution in [0.3, 0.4) is 0 Å². The number of nitrogens with two attached hydrogens (primary N) is 1. The number of carbonyl (C=O) groups is 1. The van der Waals surface area contributed by atoms with Gasteiger partial charge in [0.1, 0.15) is 0 Å². The van der Waals surface area contributed by atoms with Gasteiger partial charge in [0.15, 0.2) is 17.7 Å². The number of esters is 1. The minimum atomic E-state index is -0.762. The minimum absolute atomic E-state index is 0. The van der Waals surface area contributed by atoms with E-state index in [-0.39, 0.29) is 12.4 Å². The van der Waals surface area contributed by atoms with Crippen LogP contribution in [-0.2, 0) is 9.53 Å². The first kappa shape index (κ1) is 24.6. The fourth-order valence-electron chi connectivity index (χ4n) is 3.22. The van der Waals surface area contributed by atoms with Gasteiger partial charge in [0.2, 0.25) is 0 Å². The summed E-state index contributed by atoms with van der Waals surface area (Å²) in [7, 11) is 3.15. The number of hydrazone groups is 1. The molecule has 8 heteroatoms. The second kappa shape index (κ2) is 11.6. The van der Waals surface area contributed by atoms with E-state index in [1.54, 1.807) is 20.4 Å². The van der Waals surface area contributed by atoms with Crippen molar-refractivity contribution in [1.82, 2.24) is 0 Å². The van der Waals surface area contributed by atoms with Gasteiger partial charge in [-0.15, -0.1) is 12.4 Å². The van der Waals surface area contributed by atoms with E-state index >= 15 is 0 Å². The molecule has 32 heavy (non-hydrogen) atoms. The summed E-state index contributed by atoms with van der Waals surface area (Å²) in [5.41, 5.74) is 4.14. The van der Waals surface area contributed by atoms with E-state index in [1.807, 2.05) is 66.7 Å². The molecule has 0 saturated carbocycles. The highest BCUT2D eigenvalue weighted by Gasteiger charge is 2.22. The molecule has 3 aromatic rings. The SMILES string of the molecule is COc1cc(-c2ccccc2)c(C(Nc2ccc(C=NN)cc2)OC(C)=O)cc1OC.Cl. The molecule has 3 rings (SSSR count). The molecule has 1 atom stereocenters. The van der Waals surface area contributed by atoms with E-state index < -0.39 is 12.2 Å². The predicted molar refractivity (Wildman–Crippen MR) is 129 cm³/mol. The number of hydrogen-bond acceptors (Lipinski definition) is 7. The van der Waals surface area contributed by atoms with Gasteiger partial charge in [-0.3, -0.25) is 4.79 Å². The lowest BCUT2D eigenvalue weighted by molar-refractivity contribution is -0.145. The van der Waals surface area contributed by atoms with Crippen molar-refractivity contribution in [1.29, 1.82) is 0 Å². The normalized spacial score (nSPS) is 11.3. The summed E-state index contributed by atoms with van der Waals surface area (Å²) in [4.78, 5) is 11.9. The third-order valence-electron chi connectivity index (χ3n) is 4.64. The van der Waals surface area contributed by atoms with E-state index in [0.29, 0.717) is 11.5 Å². The molecule has 0 aliphatic heterocycles. The van der Waals surface area contributed by atoms with Crippen LogP contribution in [0.15, 0.2) is 71.8 Å². The molecule has 3 N–H and O–H groups in total. The van der Waals surface area contributed by atoms with E-state index in [1.165, 1.54) is 6.92 Å². The van der Waals surface area contributed by atoms with E-state index in [2.05, 4.69) is 10.4 Å². The Morgan fingerprint density at radius 2 is 1.62 bits per heavy atom. The Morgan fingerprint density at radius 1 is 1.00 bits per heavy atom. The van der Waals surface area contributed by atoms with Crippen LogP contribution in [-0.4, -0.2) is 26.4 Å². The molecule has 168 valence electrons. The van der Waals surface area contributed by atoms with Gasteiger partial charge < -0.3 is 25.4 Å². The summed E-state index contributed by atoms with van der Waals surface area (Å²) in [6, 6.07) is 20.9. The molecule has 0 radical (unpaired) electrons. The largest absolute Gasteiger partial charge is 0.493 e. The Kier molecular flexibility index (Phi) is 8.92. The quantitative estimate of drug-likeness (QED) is 0.167. The Morgan fingerprint density at radius 3 is 2.19 bits per heavy atom. The first-order valence-corrected chi connectivity index (χ1v) is 9.64. The zero-order valence-electron chi connectivity index (χ0n) is 18.1. The summed E-state index contributed by atoms with van der Waals surface area (Å²) in [5, 5.41) is 6.80. The number of halogens is 1. The van der Waals surface area contributed by atoms with E-state index in [9.17, 15) is 4.79 Å². The van der Waals surface area contributed by atoms with Crippen LogP contribution in [0.25, 0.3) is 11.1 Å². The fourth-order valence-corrected chi connectivity index (χ4v) is 3.22. The molecule has 0 spiro atoms. The van der Waals surface area contributed by atoms with Gasteiger partial charge in [0.25, 0.3) is 0 Å². The Hall–Kier alpha value is -3.71. The maximum absolute atomic E-state index is 11.9. The molecule has 0 amide bonds. The van der Waals surface area contributed by atoms with Crippen molar-refractivity contribution in [2.75, 3.05) is 19.5 Å². The number of nitrogens with zero attached hydrogens (tertiary/aromatic N) is 1. The first-order valence-electron chi connectivity index (χ1n) is 9.64. The van der Waals surface area contributed by atoms with E-state index in [4.69, 9.17) is 20.1 Å². The van der Waals surface area contributed by atoms with Crippen molar-refractivity contribution in [2.24, 2.45) is 10.9 Å². The van der Waals surface area contributed by atoms with Crippen molar-refractivity contribution in [3.63, 3.8) is 0 Å². The lowest BCUT2D eigenvalue weighted by atomic mass is 9.97. The average Bonchev–Trinajstić information content (AvgIpc) is 2.79. The number of rotatable bonds is 8. The summed E-state index contributed by atoms with van der Waals surface area (Å²) in [6.07, 6.45) is 0.788. The van der Waals surface area contributed by atoms with Gasteiger partial charge in [0, 0.05) is 18.2 Å². The van der Waals surface area contributed by atoms with Gasteiger partial charge in [0.05, 0.1) is 20.4 Å². The number of carbonyl (C=O) groups excluding carboxylic acids is 1. The smallest absolute Gasteiger partial charge is 0.304 e. The zero-order valence-corrected chi connectivity index (χ0v) is 18.9. The van der Waals surface area contributed by atoms with Gasteiger partial charge in [-0.2, -0.15) is 5.10 Å². The number of anilines is 1. The lowest BCUT2D eigenvalue weighted by Gasteiger charge is -2.24. The van der Waals surface area contributed by atoms with Crippen LogP contribution in [0.1, 0.15) is 24.3 Å². The molecule has 1 unspecified atom stereocenters. The van der Waals surface area contributed by atoms with Gasteiger partial charge >= 0.3 is 5.97 Å². The third kappa shape index (κ3) is 5.92. The molecule has 3 aromatic carbocycles. The second-order valence-corrected chi connectivity index (χ2v) is 6.69. The van der Waals surface area contributed by atoms with Gasteiger partial charge in [-0.25, -0.2) is 0 Å². The van der Waals surface area contributed by atoms with E-state index in [0.717, 1.165) is 27.9 Å². The maximum atomic E-state index is 11.9. The predicted octanol–water partition coefficient (Wildman–Crippen LogP) is 4.76. The Bertz CT molecular complexity index is 1060. The summed E-state index contributed by atoms with van der Waals surface area (Å²) >= 11 is 0. The highest BCUT2D eigenvalue weighted by atomic mass is 35.5. The monoisotopic (exact) mass is 455 g/mol. The summed E-state index contributed by atoms with van der Waals surface area (Å²) in [6.45, 7) is 1.37. The van der Waals surface area contributed by atoms with Crippen molar-refractivity contribution in [3.8, 4) is 22.6 Å². The highest BCUT2D eigenvalue weighted by Crippen LogP contribution is 2.39. The lowest BCUT2D eigenvalue weighted by Crippen LogP contribution is -2.18. The molecule has 0 bridgehead atoms. The van der Waals surface area contributed by atoms with Crippen LogP contribution < -0.4 is 20.6 Å². The molecule has 0 heterocycles. The molecular formula is C24H26ClN3O4. The van der Waals surface area contributed by atoms with Crippen molar-refractivity contribution in [2.45, 2.75) is 13.2 Å². The highest BCUT2D eigenvalue weighted by molar-refractivity contribution is 5.85. The second-order valence-electron chi connectivity index (χ2n) is 6.69. The average molecular weight is 456 g/mol. The number of nitrogens with one attached hydrogen (secondary N) is 1. The molecule has 0 aliphatic rings. The summed E-state index contributed by atoms with van der Waals surface area (Å²) < 4.78 is 16.6. The van der Waals surface area contributed by atoms with Gasteiger partial charge in [-0.05, 0) is 41.0 Å². The topological polar surface area (TPSA) is 95.2 Å². The Balaban J connectivity index is 0.00000363. The maximum Gasteiger partial charge on any atom is 0.304 e. The number of hydrogen-bond donors (Lipinski definition) is 2. The first-order chi connectivity index (χ1) is 15.0.